The lowest BCUT2D eigenvalue weighted by molar-refractivity contribution is 0.0697. The molecule has 5 nitrogen and oxygen atoms in total. The third-order valence-corrected chi connectivity index (χ3v) is 4.40. The van der Waals surface area contributed by atoms with E-state index in [1.54, 1.807) is 11.8 Å². The van der Waals surface area contributed by atoms with Gasteiger partial charge in [-0.3, -0.25) is 0 Å². The van der Waals surface area contributed by atoms with Crippen LogP contribution in [-0.2, 0) is 10.0 Å². The third kappa shape index (κ3) is 4.32. The number of hydrogen-bond acceptors (Lipinski definition) is 4. The van der Waals surface area contributed by atoms with Crippen molar-refractivity contribution in [2.24, 2.45) is 0 Å². The normalized spacial score (nSPS) is 11.4. The summed E-state index contributed by atoms with van der Waals surface area (Å²) in [5, 5.41) is 8.71. The predicted molar refractivity (Wildman–Crippen MR) is 71.6 cm³/mol. The van der Waals surface area contributed by atoms with Gasteiger partial charge >= 0.3 is 5.97 Å². The molecule has 1 rings (SSSR count). The molecule has 0 fully saturated rings. The van der Waals surface area contributed by atoms with Crippen molar-refractivity contribution in [3.05, 3.63) is 29.8 Å². The van der Waals surface area contributed by atoms with Crippen molar-refractivity contribution >= 4 is 27.8 Å². The van der Waals surface area contributed by atoms with Crippen LogP contribution in [0.5, 0.6) is 0 Å². The number of carbonyl (C=O) groups is 1. The standard InChI is InChI=1S/C11H15NO4S2/c1-17-8-2-7-12-18(15,16)10-5-3-9(4-6-10)11(13)14/h3-6,12H,2,7-8H2,1H3,(H,13,14). The molecule has 0 aromatic heterocycles. The van der Waals surface area contributed by atoms with Gasteiger partial charge in [0.2, 0.25) is 10.0 Å². The number of hydrogen-bond donors (Lipinski definition) is 2. The van der Waals surface area contributed by atoms with Crippen LogP contribution in [0.1, 0.15) is 16.8 Å². The number of thioether (sulfide) groups is 1. The summed E-state index contributed by atoms with van der Waals surface area (Å²) in [4.78, 5) is 10.7. The summed E-state index contributed by atoms with van der Waals surface area (Å²) < 4.78 is 26.1. The molecule has 0 saturated heterocycles. The zero-order valence-electron chi connectivity index (χ0n) is 9.92. The van der Waals surface area contributed by atoms with Gasteiger partial charge in [0.25, 0.3) is 0 Å². The lowest BCUT2D eigenvalue weighted by Crippen LogP contribution is -2.25. The number of carboxylic acids is 1. The van der Waals surface area contributed by atoms with Crippen LogP contribution in [0.25, 0.3) is 0 Å². The Morgan fingerprint density at radius 2 is 1.94 bits per heavy atom. The zero-order chi connectivity index (χ0) is 13.6. The highest BCUT2D eigenvalue weighted by atomic mass is 32.2. The van der Waals surface area contributed by atoms with E-state index < -0.39 is 16.0 Å². The molecular formula is C11H15NO4S2. The lowest BCUT2D eigenvalue weighted by Gasteiger charge is -2.06. The molecule has 0 aliphatic heterocycles. The van der Waals surface area contributed by atoms with Crippen LogP contribution >= 0.6 is 11.8 Å². The molecule has 1 aromatic carbocycles. The Labute approximate surface area is 111 Å². The summed E-state index contributed by atoms with van der Waals surface area (Å²) in [7, 11) is -3.54. The minimum Gasteiger partial charge on any atom is -0.478 e. The van der Waals surface area contributed by atoms with Crippen LogP contribution in [0, 0.1) is 0 Å². The molecule has 18 heavy (non-hydrogen) atoms. The maximum absolute atomic E-state index is 11.8. The number of rotatable bonds is 7. The van der Waals surface area contributed by atoms with Crippen LogP contribution in [0.3, 0.4) is 0 Å². The number of benzene rings is 1. The number of aromatic carboxylic acids is 1. The fraction of sp³-hybridized carbons (Fsp3) is 0.364. The fourth-order valence-electron chi connectivity index (χ4n) is 1.28. The summed E-state index contributed by atoms with van der Waals surface area (Å²) in [6.45, 7) is 0.379. The van der Waals surface area contributed by atoms with Crippen molar-refractivity contribution in [2.45, 2.75) is 11.3 Å². The quantitative estimate of drug-likeness (QED) is 0.742. The average molecular weight is 289 g/mol. The summed E-state index contributed by atoms with van der Waals surface area (Å²) >= 11 is 1.65. The topological polar surface area (TPSA) is 83.5 Å². The molecule has 0 aliphatic rings. The first-order chi connectivity index (χ1) is 8.47. The summed E-state index contributed by atoms with van der Waals surface area (Å²) in [5.74, 6) is -0.188. The van der Waals surface area contributed by atoms with Gasteiger partial charge in [-0.1, -0.05) is 0 Å². The Morgan fingerprint density at radius 1 is 1.33 bits per heavy atom. The van der Waals surface area contributed by atoms with E-state index >= 15 is 0 Å². The van der Waals surface area contributed by atoms with Crippen LogP contribution in [0.2, 0.25) is 0 Å². The van der Waals surface area contributed by atoms with Gasteiger partial charge in [0, 0.05) is 6.54 Å². The molecule has 0 aliphatic carbocycles. The van der Waals surface area contributed by atoms with Crippen LogP contribution in [0.4, 0.5) is 0 Å². The molecule has 0 atom stereocenters. The monoisotopic (exact) mass is 289 g/mol. The second-order valence-electron chi connectivity index (χ2n) is 3.57. The summed E-state index contributed by atoms with van der Waals surface area (Å²) in [6.07, 6.45) is 2.72. The Bertz CT molecular complexity index is 496. The molecule has 0 unspecified atom stereocenters. The number of sulfonamides is 1. The first-order valence-corrected chi connectivity index (χ1v) is 8.17. The summed E-state index contributed by atoms with van der Waals surface area (Å²) in [5.41, 5.74) is 0.0660. The molecule has 0 radical (unpaired) electrons. The van der Waals surface area contributed by atoms with Crippen LogP contribution in [0.15, 0.2) is 29.2 Å². The van der Waals surface area contributed by atoms with Gasteiger partial charge < -0.3 is 5.11 Å². The highest BCUT2D eigenvalue weighted by Crippen LogP contribution is 2.10. The molecule has 0 heterocycles. The molecule has 100 valence electrons. The zero-order valence-corrected chi connectivity index (χ0v) is 11.6. The molecule has 2 N–H and O–H groups in total. The van der Waals surface area contributed by atoms with Crippen molar-refractivity contribution in [3.8, 4) is 0 Å². The SMILES string of the molecule is CSCCCNS(=O)(=O)c1ccc(C(=O)O)cc1. The van der Waals surface area contributed by atoms with Gasteiger partial charge in [-0.2, -0.15) is 11.8 Å². The van der Waals surface area contributed by atoms with Crippen molar-refractivity contribution < 1.29 is 18.3 Å². The molecule has 0 saturated carbocycles. The first kappa shape index (κ1) is 15.0. The van der Waals surface area contributed by atoms with Crippen molar-refractivity contribution in [1.82, 2.24) is 4.72 Å². The van der Waals surface area contributed by atoms with E-state index in [0.717, 1.165) is 12.2 Å². The van der Waals surface area contributed by atoms with Crippen LogP contribution in [-0.4, -0.2) is 38.0 Å². The van der Waals surface area contributed by atoms with Crippen molar-refractivity contribution in [1.29, 1.82) is 0 Å². The Hall–Kier alpha value is -1.05. The molecule has 0 spiro atoms. The van der Waals surface area contributed by atoms with E-state index in [1.807, 2.05) is 6.26 Å². The van der Waals surface area contributed by atoms with Crippen LogP contribution < -0.4 is 4.72 Å². The molecular weight excluding hydrogens is 274 g/mol. The Morgan fingerprint density at radius 3 is 2.44 bits per heavy atom. The largest absolute Gasteiger partial charge is 0.478 e. The van der Waals surface area contributed by atoms with Gasteiger partial charge in [-0.15, -0.1) is 0 Å². The highest BCUT2D eigenvalue weighted by Gasteiger charge is 2.13. The molecule has 0 bridgehead atoms. The third-order valence-electron chi connectivity index (χ3n) is 2.23. The Balaban J connectivity index is 2.70. The van der Waals surface area contributed by atoms with E-state index in [9.17, 15) is 13.2 Å². The smallest absolute Gasteiger partial charge is 0.335 e. The maximum atomic E-state index is 11.8. The van der Waals surface area contributed by atoms with Gasteiger partial charge in [-0.25, -0.2) is 17.9 Å². The van der Waals surface area contributed by atoms with E-state index in [1.165, 1.54) is 24.3 Å². The first-order valence-electron chi connectivity index (χ1n) is 5.29. The average Bonchev–Trinajstić information content (AvgIpc) is 2.35. The second-order valence-corrected chi connectivity index (χ2v) is 6.33. The predicted octanol–water partition coefficient (Wildman–Crippen LogP) is 1.42. The number of nitrogens with one attached hydrogen (secondary N) is 1. The minimum absolute atomic E-state index is 0.0660. The maximum Gasteiger partial charge on any atom is 0.335 e. The summed E-state index contributed by atoms with van der Waals surface area (Å²) in [6, 6.07) is 5.14. The molecule has 1 aromatic rings. The van der Waals surface area contributed by atoms with Gasteiger partial charge in [0.15, 0.2) is 0 Å². The van der Waals surface area contributed by atoms with E-state index in [2.05, 4.69) is 4.72 Å². The number of carboxylic acid groups (broad SMARTS) is 1. The lowest BCUT2D eigenvalue weighted by atomic mass is 10.2. The second kappa shape index (κ2) is 6.77. The minimum atomic E-state index is -3.54. The van der Waals surface area contributed by atoms with Gasteiger partial charge in [-0.05, 0) is 42.7 Å². The van der Waals surface area contributed by atoms with E-state index in [-0.39, 0.29) is 10.5 Å². The fourth-order valence-corrected chi connectivity index (χ4v) is 2.79. The highest BCUT2D eigenvalue weighted by molar-refractivity contribution is 7.98. The van der Waals surface area contributed by atoms with Crippen molar-refractivity contribution in [3.63, 3.8) is 0 Å². The van der Waals surface area contributed by atoms with E-state index in [4.69, 9.17) is 5.11 Å². The van der Waals surface area contributed by atoms with Gasteiger partial charge in [0.05, 0.1) is 10.5 Å². The Kier molecular flexibility index (Phi) is 5.64. The van der Waals surface area contributed by atoms with E-state index in [0.29, 0.717) is 6.54 Å². The molecule has 0 amide bonds. The molecule has 7 heteroatoms. The van der Waals surface area contributed by atoms with Crippen molar-refractivity contribution in [2.75, 3.05) is 18.6 Å². The van der Waals surface area contributed by atoms with Gasteiger partial charge in [0.1, 0.15) is 0 Å².